The number of piperidine rings is 2. The Morgan fingerprint density at radius 1 is 1.12 bits per heavy atom. The van der Waals surface area contributed by atoms with Gasteiger partial charge in [-0.2, -0.15) is 5.10 Å². The second-order valence-corrected chi connectivity index (χ2v) is 9.24. The van der Waals surface area contributed by atoms with Crippen LogP contribution in [-0.2, 0) is 11.2 Å². The molecule has 2 aliphatic rings. The van der Waals surface area contributed by atoms with Crippen LogP contribution in [0.15, 0.2) is 36.4 Å². The molecule has 0 bridgehead atoms. The molecule has 0 unspecified atom stereocenters. The van der Waals surface area contributed by atoms with E-state index in [0.29, 0.717) is 36.5 Å². The van der Waals surface area contributed by atoms with Crippen LogP contribution in [0.4, 0.5) is 4.39 Å². The summed E-state index contributed by atoms with van der Waals surface area (Å²) < 4.78 is 15.2. The number of aromatic nitrogens is 3. The van der Waals surface area contributed by atoms with Crippen LogP contribution in [0, 0.1) is 25.6 Å². The lowest BCUT2D eigenvalue weighted by atomic mass is 9.83. The van der Waals surface area contributed by atoms with E-state index in [2.05, 4.69) is 10.1 Å². The number of rotatable bonds is 3. The fourth-order valence-corrected chi connectivity index (χ4v) is 5.35. The third-order valence-electron chi connectivity index (χ3n) is 6.88. The summed E-state index contributed by atoms with van der Waals surface area (Å²) in [7, 11) is 0. The molecule has 1 aromatic carbocycles. The Labute approximate surface area is 192 Å². The van der Waals surface area contributed by atoms with E-state index in [-0.39, 0.29) is 36.0 Å². The van der Waals surface area contributed by atoms with Crippen molar-refractivity contribution in [3.8, 4) is 0 Å². The SMILES string of the molecule is Cc1cc(C)n2nc(C(=O)N3CCC[C@@H]4CN(C(=O)Cc5cccc(F)c5)CC[C@@H]43)cc2n1. The minimum absolute atomic E-state index is 0.0137. The molecule has 0 N–H and O–H groups in total. The molecule has 0 spiro atoms. The summed E-state index contributed by atoms with van der Waals surface area (Å²) in [6.07, 6.45) is 2.84. The van der Waals surface area contributed by atoms with Crippen LogP contribution in [0.5, 0.6) is 0 Å². The van der Waals surface area contributed by atoms with Crippen molar-refractivity contribution in [2.75, 3.05) is 19.6 Å². The minimum Gasteiger partial charge on any atom is -0.342 e. The fourth-order valence-electron chi connectivity index (χ4n) is 5.35. The lowest BCUT2D eigenvalue weighted by molar-refractivity contribution is -0.133. The minimum atomic E-state index is -0.326. The number of halogens is 1. The van der Waals surface area contributed by atoms with Gasteiger partial charge in [0.2, 0.25) is 5.91 Å². The zero-order valence-electron chi connectivity index (χ0n) is 19.0. The standard InChI is InChI=1S/C25H28FN5O2/c1-16-11-17(2)31-23(27-16)14-21(28-31)25(33)30-9-4-6-19-15-29(10-8-22(19)30)24(32)13-18-5-3-7-20(26)12-18/h3,5,7,11-12,14,19,22H,4,6,8-10,13,15H2,1-2H3/t19-,22+/m1/s1. The molecule has 0 radical (unpaired) electrons. The van der Waals surface area contributed by atoms with Crippen molar-refractivity contribution >= 4 is 17.5 Å². The number of hydrogen-bond acceptors (Lipinski definition) is 4. The molecule has 3 aromatic rings. The van der Waals surface area contributed by atoms with E-state index in [1.54, 1.807) is 22.7 Å². The Morgan fingerprint density at radius 2 is 1.97 bits per heavy atom. The van der Waals surface area contributed by atoms with Gasteiger partial charge in [-0.25, -0.2) is 13.9 Å². The quantitative estimate of drug-likeness (QED) is 0.616. The molecule has 0 aliphatic carbocycles. The number of fused-ring (bicyclic) bond motifs is 2. The van der Waals surface area contributed by atoms with Gasteiger partial charge < -0.3 is 9.80 Å². The number of nitrogens with zero attached hydrogens (tertiary/aromatic N) is 5. The van der Waals surface area contributed by atoms with Crippen molar-refractivity contribution in [2.24, 2.45) is 5.92 Å². The number of aryl methyl sites for hydroxylation is 2. The lowest BCUT2D eigenvalue weighted by Gasteiger charge is -2.47. The molecule has 4 heterocycles. The van der Waals surface area contributed by atoms with E-state index < -0.39 is 0 Å². The summed E-state index contributed by atoms with van der Waals surface area (Å²) in [5.41, 5.74) is 3.63. The van der Waals surface area contributed by atoms with Crippen LogP contribution in [0.25, 0.3) is 5.65 Å². The summed E-state index contributed by atoms with van der Waals surface area (Å²) in [4.78, 5) is 34.6. The maximum Gasteiger partial charge on any atom is 0.274 e. The van der Waals surface area contributed by atoms with E-state index in [9.17, 15) is 14.0 Å². The first-order chi connectivity index (χ1) is 15.9. The Hall–Kier alpha value is -3.29. The molecule has 172 valence electrons. The summed E-state index contributed by atoms with van der Waals surface area (Å²) in [6, 6.07) is 10.0. The summed E-state index contributed by atoms with van der Waals surface area (Å²) in [5.74, 6) is -0.133. The summed E-state index contributed by atoms with van der Waals surface area (Å²) >= 11 is 0. The van der Waals surface area contributed by atoms with Crippen molar-refractivity contribution in [1.29, 1.82) is 0 Å². The van der Waals surface area contributed by atoms with Crippen molar-refractivity contribution in [3.05, 3.63) is 64.9 Å². The Morgan fingerprint density at radius 3 is 2.79 bits per heavy atom. The average molecular weight is 450 g/mol. The van der Waals surface area contributed by atoms with Gasteiger partial charge in [0.15, 0.2) is 11.3 Å². The van der Waals surface area contributed by atoms with Crippen molar-refractivity contribution < 1.29 is 14.0 Å². The van der Waals surface area contributed by atoms with E-state index in [4.69, 9.17) is 0 Å². The van der Waals surface area contributed by atoms with Gasteiger partial charge in [-0.3, -0.25) is 9.59 Å². The van der Waals surface area contributed by atoms with Gasteiger partial charge in [0.05, 0.1) is 6.42 Å². The third-order valence-corrected chi connectivity index (χ3v) is 6.88. The molecule has 2 aromatic heterocycles. The molecule has 2 saturated heterocycles. The third kappa shape index (κ3) is 4.21. The number of amides is 2. The molecular formula is C25H28FN5O2. The lowest BCUT2D eigenvalue weighted by Crippen LogP contribution is -2.56. The Kier molecular flexibility index (Phi) is 5.60. The Bertz CT molecular complexity index is 1220. The number of hydrogen-bond donors (Lipinski definition) is 0. The van der Waals surface area contributed by atoms with Crippen LogP contribution in [-0.4, -0.2) is 61.9 Å². The van der Waals surface area contributed by atoms with Crippen LogP contribution >= 0.6 is 0 Å². The molecule has 0 saturated carbocycles. The van der Waals surface area contributed by atoms with Crippen molar-refractivity contribution in [2.45, 2.75) is 45.6 Å². The summed E-state index contributed by atoms with van der Waals surface area (Å²) in [5, 5.41) is 4.53. The van der Waals surface area contributed by atoms with Gasteiger partial charge in [-0.1, -0.05) is 12.1 Å². The highest BCUT2D eigenvalue weighted by Gasteiger charge is 2.40. The topological polar surface area (TPSA) is 70.8 Å². The van der Waals surface area contributed by atoms with Gasteiger partial charge in [-0.15, -0.1) is 0 Å². The van der Waals surface area contributed by atoms with E-state index >= 15 is 0 Å². The summed E-state index contributed by atoms with van der Waals surface area (Å²) in [6.45, 7) is 5.82. The zero-order valence-corrected chi connectivity index (χ0v) is 19.0. The van der Waals surface area contributed by atoms with Gasteiger partial charge in [0, 0.05) is 43.1 Å². The molecule has 2 fully saturated rings. The zero-order chi connectivity index (χ0) is 23.1. The number of carbonyl (C=O) groups excluding carboxylic acids is 2. The maximum absolute atomic E-state index is 13.5. The van der Waals surface area contributed by atoms with Crippen LogP contribution in [0.1, 0.15) is 46.7 Å². The molecule has 2 amide bonds. The smallest absolute Gasteiger partial charge is 0.274 e. The normalized spacial score (nSPS) is 20.7. The van der Waals surface area contributed by atoms with E-state index in [1.165, 1.54) is 12.1 Å². The molecule has 33 heavy (non-hydrogen) atoms. The predicted octanol–water partition coefficient (Wildman–Crippen LogP) is 3.18. The highest BCUT2D eigenvalue weighted by Crippen LogP contribution is 2.32. The van der Waals surface area contributed by atoms with Gasteiger partial charge >= 0.3 is 0 Å². The first-order valence-corrected chi connectivity index (χ1v) is 11.6. The molecular weight excluding hydrogens is 421 g/mol. The van der Waals surface area contributed by atoms with Gasteiger partial charge in [-0.05, 0) is 62.8 Å². The molecule has 7 nitrogen and oxygen atoms in total. The largest absolute Gasteiger partial charge is 0.342 e. The first kappa shape index (κ1) is 21.6. The van der Waals surface area contributed by atoms with Crippen LogP contribution < -0.4 is 0 Å². The molecule has 8 heteroatoms. The van der Waals surface area contributed by atoms with Gasteiger partial charge in [0.1, 0.15) is 5.82 Å². The first-order valence-electron chi connectivity index (χ1n) is 11.6. The molecule has 5 rings (SSSR count). The second-order valence-electron chi connectivity index (χ2n) is 9.24. The van der Waals surface area contributed by atoms with Crippen LogP contribution in [0.3, 0.4) is 0 Å². The highest BCUT2D eigenvalue weighted by molar-refractivity contribution is 5.93. The maximum atomic E-state index is 13.5. The average Bonchev–Trinajstić information content (AvgIpc) is 3.22. The van der Waals surface area contributed by atoms with Crippen LogP contribution in [0.2, 0.25) is 0 Å². The monoisotopic (exact) mass is 449 g/mol. The predicted molar refractivity (Wildman–Crippen MR) is 121 cm³/mol. The fraction of sp³-hybridized carbons (Fsp3) is 0.440. The number of likely N-dealkylation sites (tertiary alicyclic amines) is 2. The Balaban J connectivity index is 1.29. The molecule has 2 atom stereocenters. The van der Waals surface area contributed by atoms with Crippen molar-refractivity contribution in [1.82, 2.24) is 24.4 Å². The van der Waals surface area contributed by atoms with Crippen molar-refractivity contribution in [3.63, 3.8) is 0 Å². The number of carbonyl (C=O) groups is 2. The highest BCUT2D eigenvalue weighted by atomic mass is 19.1. The number of benzene rings is 1. The molecule has 2 aliphatic heterocycles. The van der Waals surface area contributed by atoms with E-state index in [0.717, 1.165) is 30.7 Å². The van der Waals surface area contributed by atoms with E-state index in [1.807, 2.05) is 29.7 Å². The second kappa shape index (κ2) is 8.57. The van der Waals surface area contributed by atoms with Gasteiger partial charge in [0.25, 0.3) is 5.91 Å².